The first-order valence-corrected chi connectivity index (χ1v) is 14.0. The van der Waals surface area contributed by atoms with Crippen molar-refractivity contribution in [3.8, 4) is 6.07 Å². The van der Waals surface area contributed by atoms with Crippen LogP contribution in [-0.2, 0) is 16.1 Å². The zero-order valence-corrected chi connectivity index (χ0v) is 23.1. The Bertz CT molecular complexity index is 1140. The summed E-state index contributed by atoms with van der Waals surface area (Å²) in [6.07, 6.45) is 4.86. The van der Waals surface area contributed by atoms with E-state index in [9.17, 15) is 9.59 Å². The number of nitrogens with zero attached hydrogens (tertiary/aromatic N) is 3. The van der Waals surface area contributed by atoms with Crippen LogP contribution >= 0.6 is 0 Å². The number of nitriles is 1. The van der Waals surface area contributed by atoms with Gasteiger partial charge >= 0.3 is 0 Å². The van der Waals surface area contributed by atoms with Gasteiger partial charge in [-0.05, 0) is 75.3 Å². The minimum Gasteiger partial charge on any atom is -0.383 e. The summed E-state index contributed by atoms with van der Waals surface area (Å²) in [5.41, 5.74) is 9.51. The fourth-order valence-corrected chi connectivity index (χ4v) is 5.71. The lowest BCUT2D eigenvalue weighted by Gasteiger charge is -2.43. The SMILES string of the molecule is COCCN(Cc1ccc(C#N)cc1)C1CCN(C(=O)c2ccc(C)cc2)[C@@H](C(=O)NC2CCC(N)CC2)C1. The van der Waals surface area contributed by atoms with Crippen molar-refractivity contribution in [3.05, 3.63) is 70.8 Å². The van der Waals surface area contributed by atoms with Crippen LogP contribution in [0.15, 0.2) is 48.5 Å². The molecule has 0 bridgehead atoms. The average Bonchev–Trinajstić information content (AvgIpc) is 2.96. The Labute approximate surface area is 232 Å². The van der Waals surface area contributed by atoms with Crippen LogP contribution in [0.4, 0.5) is 0 Å². The molecule has 1 unspecified atom stereocenters. The van der Waals surface area contributed by atoms with E-state index in [1.165, 1.54) is 0 Å². The Kier molecular flexibility index (Phi) is 10.1. The molecular formula is C31H41N5O3. The first-order chi connectivity index (χ1) is 18.9. The number of nitrogens with one attached hydrogen (secondary N) is 1. The predicted octanol–water partition coefficient (Wildman–Crippen LogP) is 3.37. The number of carbonyl (C=O) groups is 2. The Hall–Kier alpha value is -3.25. The number of amides is 2. The Morgan fingerprint density at radius 1 is 1.08 bits per heavy atom. The van der Waals surface area contributed by atoms with Crippen LogP contribution in [0.5, 0.6) is 0 Å². The van der Waals surface area contributed by atoms with Gasteiger partial charge in [-0.1, -0.05) is 29.8 Å². The van der Waals surface area contributed by atoms with Crippen LogP contribution < -0.4 is 11.1 Å². The third-order valence-electron chi connectivity index (χ3n) is 8.12. The second-order valence-electron chi connectivity index (χ2n) is 11.0. The predicted molar refractivity (Wildman–Crippen MR) is 151 cm³/mol. The number of aryl methyl sites for hydroxylation is 1. The minimum atomic E-state index is -0.556. The molecule has 2 amide bonds. The normalized spacial score (nSPS) is 23.3. The molecule has 0 aromatic heterocycles. The molecule has 2 fully saturated rings. The van der Waals surface area contributed by atoms with Crippen molar-refractivity contribution in [2.75, 3.05) is 26.8 Å². The zero-order chi connectivity index (χ0) is 27.8. The first-order valence-electron chi connectivity index (χ1n) is 14.0. The third kappa shape index (κ3) is 7.66. The maximum Gasteiger partial charge on any atom is 0.254 e. The molecule has 208 valence electrons. The molecule has 0 spiro atoms. The van der Waals surface area contributed by atoms with Gasteiger partial charge < -0.3 is 20.7 Å². The van der Waals surface area contributed by atoms with Crippen LogP contribution in [0.3, 0.4) is 0 Å². The van der Waals surface area contributed by atoms with E-state index in [2.05, 4.69) is 16.3 Å². The summed E-state index contributed by atoms with van der Waals surface area (Å²) >= 11 is 0. The highest BCUT2D eigenvalue weighted by Crippen LogP contribution is 2.27. The van der Waals surface area contributed by atoms with Crippen molar-refractivity contribution < 1.29 is 14.3 Å². The van der Waals surface area contributed by atoms with Crippen molar-refractivity contribution in [2.45, 2.75) is 76.2 Å². The van der Waals surface area contributed by atoms with E-state index in [1.54, 1.807) is 12.0 Å². The first kappa shape index (κ1) is 28.8. The summed E-state index contributed by atoms with van der Waals surface area (Å²) in [6.45, 7) is 4.46. The highest BCUT2D eigenvalue weighted by atomic mass is 16.5. The Morgan fingerprint density at radius 2 is 1.77 bits per heavy atom. The molecule has 1 saturated heterocycles. The van der Waals surface area contributed by atoms with Gasteiger partial charge in [0.05, 0.1) is 18.2 Å². The van der Waals surface area contributed by atoms with Crippen molar-refractivity contribution >= 4 is 11.8 Å². The Balaban J connectivity index is 1.54. The number of carbonyl (C=O) groups excluding carboxylic acids is 2. The lowest BCUT2D eigenvalue weighted by Crippen LogP contribution is -2.58. The molecular weight excluding hydrogens is 490 g/mol. The van der Waals surface area contributed by atoms with Gasteiger partial charge in [0.25, 0.3) is 5.91 Å². The fraction of sp³-hybridized carbons (Fsp3) is 0.516. The Morgan fingerprint density at radius 3 is 2.41 bits per heavy atom. The van der Waals surface area contributed by atoms with Crippen LogP contribution in [-0.4, -0.2) is 72.6 Å². The molecule has 1 saturated carbocycles. The number of hydrogen-bond donors (Lipinski definition) is 2. The second-order valence-corrected chi connectivity index (χ2v) is 11.0. The number of ether oxygens (including phenoxy) is 1. The molecule has 0 radical (unpaired) electrons. The highest BCUT2D eigenvalue weighted by molar-refractivity contribution is 5.97. The lowest BCUT2D eigenvalue weighted by atomic mass is 9.90. The number of piperidine rings is 1. The summed E-state index contributed by atoms with van der Waals surface area (Å²) in [5.74, 6) is -0.180. The molecule has 1 aliphatic carbocycles. The van der Waals surface area contributed by atoms with Crippen molar-refractivity contribution in [3.63, 3.8) is 0 Å². The van der Waals surface area contributed by atoms with E-state index >= 15 is 0 Å². The lowest BCUT2D eigenvalue weighted by molar-refractivity contribution is -0.128. The van der Waals surface area contributed by atoms with Gasteiger partial charge in [0, 0.05) is 50.4 Å². The molecule has 2 aliphatic rings. The fourth-order valence-electron chi connectivity index (χ4n) is 5.71. The number of nitrogens with two attached hydrogens (primary N) is 1. The molecule has 2 aromatic carbocycles. The van der Waals surface area contributed by atoms with Gasteiger partial charge in [-0.3, -0.25) is 14.5 Å². The van der Waals surface area contributed by atoms with Crippen LogP contribution in [0.2, 0.25) is 0 Å². The number of likely N-dealkylation sites (tertiary alicyclic amines) is 1. The number of methoxy groups -OCH3 is 1. The average molecular weight is 532 g/mol. The molecule has 4 rings (SSSR count). The molecule has 2 atom stereocenters. The van der Waals surface area contributed by atoms with Crippen LogP contribution in [0, 0.1) is 18.3 Å². The quantitative estimate of drug-likeness (QED) is 0.513. The second kappa shape index (κ2) is 13.7. The standard InChI is InChI=1S/C31H41N5O3/c1-22-3-9-25(10-4-22)31(38)36-16-15-28(19-29(36)30(37)34-27-13-11-26(33)12-14-27)35(17-18-39-2)21-24-7-5-23(20-32)6-8-24/h3-10,26-29H,11-19,21,33H2,1-2H3,(H,34,37)/t26?,27?,28?,29-/m1/s1. The van der Waals surface area contributed by atoms with Crippen molar-refractivity contribution in [2.24, 2.45) is 5.73 Å². The van der Waals surface area contributed by atoms with Gasteiger partial charge in [-0.2, -0.15) is 5.26 Å². The summed E-state index contributed by atoms with van der Waals surface area (Å²) in [5, 5.41) is 12.4. The van der Waals surface area contributed by atoms with Crippen LogP contribution in [0.25, 0.3) is 0 Å². The molecule has 2 aromatic rings. The molecule has 39 heavy (non-hydrogen) atoms. The van der Waals surface area contributed by atoms with E-state index < -0.39 is 6.04 Å². The summed E-state index contributed by atoms with van der Waals surface area (Å²) in [4.78, 5) is 31.5. The van der Waals surface area contributed by atoms with E-state index in [0.29, 0.717) is 43.8 Å². The van der Waals surface area contributed by atoms with Gasteiger partial charge in [0.2, 0.25) is 5.91 Å². The zero-order valence-electron chi connectivity index (χ0n) is 23.1. The van der Waals surface area contributed by atoms with E-state index in [-0.39, 0.29) is 29.9 Å². The topological polar surface area (TPSA) is 112 Å². The van der Waals surface area contributed by atoms with Crippen molar-refractivity contribution in [1.29, 1.82) is 5.26 Å². The highest BCUT2D eigenvalue weighted by Gasteiger charge is 2.39. The molecule has 1 heterocycles. The molecule has 8 nitrogen and oxygen atoms in total. The number of benzene rings is 2. The summed E-state index contributed by atoms with van der Waals surface area (Å²) in [7, 11) is 1.69. The maximum atomic E-state index is 13.7. The molecule has 8 heteroatoms. The van der Waals surface area contributed by atoms with E-state index in [4.69, 9.17) is 15.7 Å². The number of hydrogen-bond acceptors (Lipinski definition) is 6. The van der Waals surface area contributed by atoms with E-state index in [0.717, 1.165) is 43.2 Å². The summed E-state index contributed by atoms with van der Waals surface area (Å²) < 4.78 is 5.41. The van der Waals surface area contributed by atoms with E-state index in [1.807, 2.05) is 55.5 Å². The number of rotatable bonds is 9. The smallest absolute Gasteiger partial charge is 0.254 e. The molecule has 1 aliphatic heterocycles. The minimum absolute atomic E-state index is 0.0781. The van der Waals surface area contributed by atoms with Crippen molar-refractivity contribution in [1.82, 2.24) is 15.1 Å². The van der Waals surface area contributed by atoms with Crippen LogP contribution in [0.1, 0.15) is 65.6 Å². The maximum absolute atomic E-state index is 13.7. The van der Waals surface area contributed by atoms with Gasteiger partial charge in [-0.25, -0.2) is 0 Å². The van der Waals surface area contributed by atoms with Gasteiger partial charge in [-0.15, -0.1) is 0 Å². The third-order valence-corrected chi connectivity index (χ3v) is 8.12. The monoisotopic (exact) mass is 531 g/mol. The van der Waals surface area contributed by atoms with Gasteiger partial charge in [0.15, 0.2) is 0 Å². The largest absolute Gasteiger partial charge is 0.383 e. The molecule has 3 N–H and O–H groups in total. The summed E-state index contributed by atoms with van der Waals surface area (Å²) in [6, 6.07) is 17.2. The van der Waals surface area contributed by atoms with Gasteiger partial charge in [0.1, 0.15) is 6.04 Å².